The molecule has 27 heavy (non-hydrogen) atoms. The maximum Gasteiger partial charge on any atom is 0.276 e. The van der Waals surface area contributed by atoms with Crippen molar-refractivity contribution in [2.75, 3.05) is 27.2 Å². The number of carbonyl (C=O) groups excluding carboxylic acids is 1. The second-order valence-electron chi connectivity index (χ2n) is 6.81. The highest BCUT2D eigenvalue weighted by Gasteiger charge is 2.27. The minimum Gasteiger partial charge on any atom is -0.497 e. The normalized spacial score (nSPS) is 15.7. The topological polar surface area (TPSA) is 72.3 Å². The average molecular weight is 394 g/mol. The number of halogens is 1. The molecule has 0 bridgehead atoms. The molecule has 2 aromatic rings. The third-order valence-electron chi connectivity index (χ3n) is 5.28. The largest absolute Gasteiger partial charge is 0.497 e. The van der Waals surface area contributed by atoms with E-state index in [1.54, 1.807) is 19.1 Å². The lowest BCUT2D eigenvalue weighted by Gasteiger charge is -2.25. The molecule has 8 heteroatoms. The van der Waals surface area contributed by atoms with Crippen molar-refractivity contribution in [1.82, 2.24) is 25.2 Å². The molecule has 3 rings (SSSR count). The summed E-state index contributed by atoms with van der Waals surface area (Å²) in [6.45, 7) is 5.89. The Balaban J connectivity index is 0.00000261. The monoisotopic (exact) mass is 393 g/mol. The van der Waals surface area contributed by atoms with Crippen molar-refractivity contribution in [3.05, 3.63) is 41.2 Å². The Morgan fingerprint density at radius 2 is 1.93 bits per heavy atom. The van der Waals surface area contributed by atoms with Gasteiger partial charge in [0, 0.05) is 7.05 Å². The molecule has 1 saturated heterocycles. The van der Waals surface area contributed by atoms with E-state index in [9.17, 15) is 4.79 Å². The first-order valence-corrected chi connectivity index (χ1v) is 9.06. The van der Waals surface area contributed by atoms with Gasteiger partial charge in [-0.15, -0.1) is 17.5 Å². The summed E-state index contributed by atoms with van der Waals surface area (Å²) in [5.74, 6) is 0.696. The summed E-state index contributed by atoms with van der Waals surface area (Å²) in [5, 5.41) is 11.8. The van der Waals surface area contributed by atoms with Crippen LogP contribution in [0, 0.1) is 6.92 Å². The number of hydrogen-bond donors (Lipinski definition) is 1. The Bertz CT molecular complexity index is 756. The molecule has 1 N–H and O–H groups in total. The molecule has 1 aliphatic rings. The second-order valence-corrected chi connectivity index (χ2v) is 6.81. The van der Waals surface area contributed by atoms with Gasteiger partial charge in [-0.05, 0) is 57.5 Å². The number of carbonyl (C=O) groups is 1. The van der Waals surface area contributed by atoms with Crippen molar-refractivity contribution in [1.29, 1.82) is 0 Å². The molecule has 2 heterocycles. The van der Waals surface area contributed by atoms with E-state index in [0.29, 0.717) is 11.7 Å². The number of hydrogen-bond acceptors (Lipinski definition) is 5. The van der Waals surface area contributed by atoms with E-state index >= 15 is 0 Å². The summed E-state index contributed by atoms with van der Waals surface area (Å²) in [5.41, 5.74) is 2.33. The standard InChI is InChI=1S/C19H27N5O2.ClH/c1-13(15-5-7-17(26-4)8-6-15)23(3)19(25)18-14(2)24(22-21-18)16-9-11-20-12-10-16;/h5-8,13,16,20H,9-12H2,1-4H3;1H. The van der Waals surface area contributed by atoms with Crippen LogP contribution in [-0.4, -0.2) is 53.0 Å². The summed E-state index contributed by atoms with van der Waals surface area (Å²) >= 11 is 0. The van der Waals surface area contributed by atoms with Gasteiger partial charge < -0.3 is 15.0 Å². The first-order chi connectivity index (χ1) is 12.5. The highest BCUT2D eigenvalue weighted by Crippen LogP contribution is 2.25. The van der Waals surface area contributed by atoms with Crippen LogP contribution in [0.4, 0.5) is 0 Å². The summed E-state index contributed by atoms with van der Waals surface area (Å²) in [4.78, 5) is 14.7. The Kier molecular flexibility index (Phi) is 7.21. The van der Waals surface area contributed by atoms with Crippen LogP contribution in [0.5, 0.6) is 5.75 Å². The molecule has 1 amide bonds. The molecule has 1 unspecified atom stereocenters. The number of aromatic nitrogens is 3. The molecule has 1 aromatic carbocycles. The molecule has 1 fully saturated rings. The third-order valence-corrected chi connectivity index (χ3v) is 5.28. The van der Waals surface area contributed by atoms with E-state index in [1.807, 2.05) is 42.8 Å². The van der Waals surface area contributed by atoms with Crippen LogP contribution < -0.4 is 10.1 Å². The van der Waals surface area contributed by atoms with Gasteiger partial charge >= 0.3 is 0 Å². The van der Waals surface area contributed by atoms with E-state index in [4.69, 9.17) is 4.74 Å². The second kappa shape index (κ2) is 9.19. The van der Waals surface area contributed by atoms with Gasteiger partial charge in [0.05, 0.1) is 24.9 Å². The Hall–Kier alpha value is -2.12. The number of amides is 1. The molecule has 0 spiro atoms. The van der Waals surface area contributed by atoms with Crippen molar-refractivity contribution < 1.29 is 9.53 Å². The Morgan fingerprint density at radius 3 is 2.52 bits per heavy atom. The molecular formula is C19H28ClN5O2. The maximum atomic E-state index is 13.0. The zero-order valence-electron chi connectivity index (χ0n) is 16.3. The molecule has 1 atom stereocenters. The number of methoxy groups -OCH3 is 1. The highest BCUT2D eigenvalue weighted by atomic mass is 35.5. The lowest BCUT2D eigenvalue weighted by atomic mass is 10.1. The molecule has 148 valence electrons. The number of rotatable bonds is 5. The average Bonchev–Trinajstić information content (AvgIpc) is 3.08. The van der Waals surface area contributed by atoms with Gasteiger partial charge in [0.2, 0.25) is 0 Å². The third kappa shape index (κ3) is 4.42. The number of ether oxygens (including phenoxy) is 1. The van der Waals surface area contributed by atoms with Gasteiger partial charge in [-0.2, -0.15) is 0 Å². The van der Waals surface area contributed by atoms with Crippen molar-refractivity contribution >= 4 is 18.3 Å². The maximum absolute atomic E-state index is 13.0. The highest BCUT2D eigenvalue weighted by molar-refractivity contribution is 5.93. The molecule has 1 aromatic heterocycles. The predicted molar refractivity (Wildman–Crippen MR) is 107 cm³/mol. The smallest absolute Gasteiger partial charge is 0.276 e. The van der Waals surface area contributed by atoms with E-state index in [2.05, 4.69) is 15.6 Å². The zero-order valence-corrected chi connectivity index (χ0v) is 17.1. The van der Waals surface area contributed by atoms with Crippen molar-refractivity contribution in [3.63, 3.8) is 0 Å². The van der Waals surface area contributed by atoms with Crippen LogP contribution in [0.3, 0.4) is 0 Å². The summed E-state index contributed by atoms with van der Waals surface area (Å²) in [6, 6.07) is 8.01. The fraction of sp³-hybridized carbons (Fsp3) is 0.526. The van der Waals surface area contributed by atoms with Crippen molar-refractivity contribution in [2.45, 2.75) is 38.8 Å². The SMILES string of the molecule is COc1ccc(C(C)N(C)C(=O)c2nnn(C3CCNCC3)c2C)cc1.Cl. The lowest BCUT2D eigenvalue weighted by molar-refractivity contribution is 0.0735. The van der Waals surface area contributed by atoms with Gasteiger partial charge in [0.25, 0.3) is 5.91 Å². The summed E-state index contributed by atoms with van der Waals surface area (Å²) in [7, 11) is 3.45. The van der Waals surface area contributed by atoms with Crippen LogP contribution in [0.1, 0.15) is 53.6 Å². The molecule has 0 saturated carbocycles. The number of piperidine rings is 1. The van der Waals surface area contributed by atoms with Crippen LogP contribution in [0.15, 0.2) is 24.3 Å². The quantitative estimate of drug-likeness (QED) is 0.845. The Labute approximate surface area is 166 Å². The van der Waals surface area contributed by atoms with Gasteiger partial charge in [0.15, 0.2) is 5.69 Å². The fourth-order valence-electron chi connectivity index (χ4n) is 3.39. The molecular weight excluding hydrogens is 366 g/mol. The fourth-order valence-corrected chi connectivity index (χ4v) is 3.39. The van der Waals surface area contributed by atoms with Crippen molar-refractivity contribution in [3.8, 4) is 5.75 Å². The number of benzene rings is 1. The molecule has 0 radical (unpaired) electrons. The van der Waals surface area contributed by atoms with Gasteiger partial charge in [-0.1, -0.05) is 17.3 Å². The zero-order chi connectivity index (χ0) is 18.7. The minimum atomic E-state index is -0.106. The summed E-state index contributed by atoms with van der Waals surface area (Å²) in [6.07, 6.45) is 2.02. The number of nitrogens with zero attached hydrogens (tertiary/aromatic N) is 4. The lowest BCUT2D eigenvalue weighted by Crippen LogP contribution is -2.31. The van der Waals surface area contributed by atoms with E-state index < -0.39 is 0 Å². The Morgan fingerprint density at radius 1 is 1.30 bits per heavy atom. The van der Waals surface area contributed by atoms with Gasteiger partial charge in [0.1, 0.15) is 5.75 Å². The van der Waals surface area contributed by atoms with Gasteiger partial charge in [-0.3, -0.25) is 4.79 Å². The first kappa shape index (κ1) is 21.2. The van der Waals surface area contributed by atoms with Gasteiger partial charge in [-0.25, -0.2) is 4.68 Å². The predicted octanol–water partition coefficient (Wildman–Crippen LogP) is 2.77. The molecule has 1 aliphatic heterocycles. The minimum absolute atomic E-state index is 0. The van der Waals surface area contributed by atoms with Crippen LogP contribution >= 0.6 is 12.4 Å². The van der Waals surface area contributed by atoms with Crippen LogP contribution in [0.25, 0.3) is 0 Å². The van der Waals surface area contributed by atoms with Crippen molar-refractivity contribution in [2.24, 2.45) is 0 Å². The summed E-state index contributed by atoms with van der Waals surface area (Å²) < 4.78 is 7.11. The molecule has 0 aliphatic carbocycles. The van der Waals surface area contributed by atoms with E-state index in [0.717, 1.165) is 42.9 Å². The first-order valence-electron chi connectivity index (χ1n) is 9.06. The van der Waals surface area contributed by atoms with E-state index in [1.165, 1.54) is 0 Å². The van der Waals surface area contributed by atoms with E-state index in [-0.39, 0.29) is 24.4 Å². The number of nitrogens with one attached hydrogen (secondary N) is 1. The van der Waals surface area contributed by atoms with Crippen LogP contribution in [0.2, 0.25) is 0 Å². The molecule has 7 nitrogen and oxygen atoms in total. The van der Waals surface area contributed by atoms with Crippen LogP contribution in [-0.2, 0) is 0 Å².